The van der Waals surface area contributed by atoms with E-state index in [9.17, 15) is 14.9 Å². The molecule has 2 fully saturated rings. The first-order valence-electron chi connectivity index (χ1n) is 10.00. The normalized spacial score (nSPS) is 24.2. The average Bonchev–Trinajstić information content (AvgIpc) is 3.53. The minimum absolute atomic E-state index is 0.0593. The Morgan fingerprint density at radius 3 is 2.55 bits per heavy atom. The number of hydrogen-bond donors (Lipinski definition) is 1. The lowest BCUT2D eigenvalue weighted by Crippen LogP contribution is -2.53. The van der Waals surface area contributed by atoms with E-state index in [2.05, 4.69) is 5.32 Å². The number of nitrogens with zero attached hydrogens (tertiary/aromatic N) is 2. The zero-order valence-corrected chi connectivity index (χ0v) is 16.6. The Bertz CT molecular complexity index is 914. The number of amides is 1. The first kappa shape index (κ1) is 19.4. The molecule has 0 radical (unpaired) electrons. The molecule has 0 unspecified atom stereocenters. The Balaban J connectivity index is 1.61. The van der Waals surface area contributed by atoms with E-state index in [1.54, 1.807) is 17.0 Å². The van der Waals surface area contributed by atoms with Gasteiger partial charge in [-0.05, 0) is 44.4 Å². The third-order valence-corrected chi connectivity index (χ3v) is 5.61. The molecule has 1 amide bonds. The first-order chi connectivity index (χ1) is 14.0. The largest absolute Gasteiger partial charge is 0.377 e. The summed E-state index contributed by atoms with van der Waals surface area (Å²) in [6.07, 6.45) is 1.80. The molecule has 29 heavy (non-hydrogen) atoms. The summed E-state index contributed by atoms with van der Waals surface area (Å²) in [5.74, 6) is -0.213. The smallest absolute Gasteiger partial charge is 0.293 e. The van der Waals surface area contributed by atoms with Crippen molar-refractivity contribution in [2.24, 2.45) is 0 Å². The average molecular weight is 395 g/mol. The number of nitro benzene ring substituents is 1. The van der Waals surface area contributed by atoms with Crippen LogP contribution in [-0.4, -0.2) is 40.5 Å². The van der Waals surface area contributed by atoms with Gasteiger partial charge in [0.25, 0.3) is 11.6 Å². The highest BCUT2D eigenvalue weighted by Gasteiger charge is 2.38. The SMILES string of the molecule is C[C@@H]1CO[C@H](c2ccccc2)[C@H](C)N1C(=O)c1ccc(NC2CC2)c([N+](=O)[O-])c1. The van der Waals surface area contributed by atoms with Crippen molar-refractivity contribution in [1.29, 1.82) is 0 Å². The van der Waals surface area contributed by atoms with E-state index in [1.807, 2.05) is 44.2 Å². The molecular formula is C22H25N3O4. The minimum Gasteiger partial charge on any atom is -0.377 e. The molecule has 1 aliphatic carbocycles. The molecule has 0 aromatic heterocycles. The van der Waals surface area contributed by atoms with E-state index in [0.29, 0.717) is 23.9 Å². The van der Waals surface area contributed by atoms with Crippen molar-refractivity contribution < 1.29 is 14.5 Å². The Kier molecular flexibility index (Phi) is 5.24. The summed E-state index contributed by atoms with van der Waals surface area (Å²) in [6.45, 7) is 4.31. The van der Waals surface area contributed by atoms with Crippen LogP contribution in [0.25, 0.3) is 0 Å². The van der Waals surface area contributed by atoms with E-state index in [4.69, 9.17) is 4.74 Å². The van der Waals surface area contributed by atoms with Crippen molar-refractivity contribution >= 4 is 17.3 Å². The number of ether oxygens (including phenoxy) is 1. The van der Waals surface area contributed by atoms with Crippen LogP contribution in [0.1, 0.15) is 48.7 Å². The van der Waals surface area contributed by atoms with Gasteiger partial charge >= 0.3 is 0 Å². The highest BCUT2D eigenvalue weighted by molar-refractivity contribution is 5.96. The van der Waals surface area contributed by atoms with Crippen LogP contribution in [0.3, 0.4) is 0 Å². The van der Waals surface area contributed by atoms with E-state index in [0.717, 1.165) is 18.4 Å². The zero-order valence-electron chi connectivity index (χ0n) is 16.6. The second-order valence-corrected chi connectivity index (χ2v) is 7.87. The maximum atomic E-state index is 13.3. The van der Waals surface area contributed by atoms with Crippen LogP contribution in [0.2, 0.25) is 0 Å². The molecule has 7 heteroatoms. The molecule has 3 atom stereocenters. The summed E-state index contributed by atoms with van der Waals surface area (Å²) in [5.41, 5.74) is 1.75. The predicted molar refractivity (Wildman–Crippen MR) is 110 cm³/mol. The predicted octanol–water partition coefficient (Wildman–Crippen LogP) is 4.16. The molecule has 0 bridgehead atoms. The van der Waals surface area contributed by atoms with Gasteiger partial charge in [0.05, 0.1) is 23.6 Å². The maximum Gasteiger partial charge on any atom is 0.293 e. The maximum absolute atomic E-state index is 13.3. The van der Waals surface area contributed by atoms with Crippen LogP contribution in [0, 0.1) is 10.1 Å². The lowest BCUT2D eigenvalue weighted by atomic mass is 9.97. The van der Waals surface area contributed by atoms with Crippen LogP contribution < -0.4 is 5.32 Å². The molecule has 1 heterocycles. The first-order valence-corrected chi connectivity index (χ1v) is 10.00. The molecule has 0 spiro atoms. The van der Waals surface area contributed by atoms with Gasteiger partial charge in [-0.15, -0.1) is 0 Å². The number of nitrogens with one attached hydrogen (secondary N) is 1. The number of carbonyl (C=O) groups excluding carboxylic acids is 1. The number of hydrogen-bond acceptors (Lipinski definition) is 5. The van der Waals surface area contributed by atoms with Crippen LogP contribution in [-0.2, 0) is 4.74 Å². The molecule has 1 saturated heterocycles. The number of anilines is 1. The summed E-state index contributed by atoms with van der Waals surface area (Å²) in [6, 6.07) is 14.5. The van der Waals surface area contributed by atoms with Crippen molar-refractivity contribution in [3.05, 3.63) is 69.8 Å². The number of rotatable bonds is 5. The number of morpholine rings is 1. The van der Waals surface area contributed by atoms with Gasteiger partial charge in [0.2, 0.25) is 0 Å². The Labute approximate surface area is 169 Å². The van der Waals surface area contributed by atoms with E-state index in [-0.39, 0.29) is 29.8 Å². The van der Waals surface area contributed by atoms with E-state index >= 15 is 0 Å². The minimum atomic E-state index is -0.430. The topological polar surface area (TPSA) is 84.7 Å². The summed E-state index contributed by atoms with van der Waals surface area (Å²) in [7, 11) is 0. The van der Waals surface area contributed by atoms with Crippen LogP contribution in [0.5, 0.6) is 0 Å². The van der Waals surface area contributed by atoms with Crippen molar-refractivity contribution in [3.63, 3.8) is 0 Å². The number of benzene rings is 2. The fourth-order valence-corrected chi connectivity index (χ4v) is 3.95. The number of nitro groups is 1. The van der Waals surface area contributed by atoms with Gasteiger partial charge in [0.15, 0.2) is 0 Å². The lowest BCUT2D eigenvalue weighted by molar-refractivity contribution is -0.384. The fraction of sp³-hybridized carbons (Fsp3) is 0.409. The Morgan fingerprint density at radius 1 is 1.17 bits per heavy atom. The van der Waals surface area contributed by atoms with E-state index in [1.165, 1.54) is 6.07 Å². The van der Waals surface area contributed by atoms with Gasteiger partial charge in [0.1, 0.15) is 11.8 Å². The van der Waals surface area contributed by atoms with Crippen LogP contribution >= 0.6 is 0 Å². The molecular weight excluding hydrogens is 370 g/mol. The van der Waals surface area contributed by atoms with Crippen molar-refractivity contribution in [3.8, 4) is 0 Å². The third kappa shape index (κ3) is 3.96. The molecule has 2 aromatic carbocycles. The van der Waals surface area contributed by atoms with Gasteiger partial charge in [-0.2, -0.15) is 0 Å². The molecule has 1 aliphatic heterocycles. The third-order valence-electron chi connectivity index (χ3n) is 5.61. The molecule has 2 aromatic rings. The highest BCUT2D eigenvalue weighted by atomic mass is 16.6. The van der Waals surface area contributed by atoms with Gasteiger partial charge < -0.3 is 15.0 Å². The summed E-state index contributed by atoms with van der Waals surface area (Å²) in [4.78, 5) is 26.3. The lowest BCUT2D eigenvalue weighted by Gasteiger charge is -2.43. The van der Waals surface area contributed by atoms with Gasteiger partial charge in [0, 0.05) is 17.7 Å². The second kappa shape index (κ2) is 7.83. The standard InChI is InChI=1S/C22H25N3O4/c1-14-13-29-21(16-6-4-3-5-7-16)15(2)24(14)22(26)17-8-11-19(23-18-9-10-18)20(12-17)25(27)28/h3-8,11-12,14-15,18,21,23H,9-10,13H2,1-2H3/t14-,15+,21+/m1/s1. The van der Waals surface area contributed by atoms with Crippen LogP contribution in [0.15, 0.2) is 48.5 Å². The van der Waals surface area contributed by atoms with Crippen molar-refractivity contribution in [1.82, 2.24) is 4.90 Å². The Hall–Kier alpha value is -2.93. The molecule has 4 rings (SSSR count). The van der Waals surface area contributed by atoms with Gasteiger partial charge in [-0.25, -0.2) is 0 Å². The summed E-state index contributed by atoms with van der Waals surface area (Å²) in [5, 5.41) is 14.7. The number of carbonyl (C=O) groups is 1. The molecule has 7 nitrogen and oxygen atoms in total. The quantitative estimate of drug-likeness (QED) is 0.607. The Morgan fingerprint density at radius 2 is 1.90 bits per heavy atom. The van der Waals surface area contributed by atoms with Crippen molar-refractivity contribution in [2.75, 3.05) is 11.9 Å². The molecule has 152 valence electrons. The second-order valence-electron chi connectivity index (χ2n) is 7.87. The van der Waals surface area contributed by atoms with E-state index < -0.39 is 4.92 Å². The zero-order chi connectivity index (χ0) is 20.5. The molecule has 2 aliphatic rings. The molecule has 1 N–H and O–H groups in total. The van der Waals surface area contributed by atoms with Crippen LogP contribution in [0.4, 0.5) is 11.4 Å². The summed E-state index contributed by atoms with van der Waals surface area (Å²) >= 11 is 0. The summed E-state index contributed by atoms with van der Waals surface area (Å²) < 4.78 is 6.02. The monoisotopic (exact) mass is 395 g/mol. The van der Waals surface area contributed by atoms with Gasteiger partial charge in [-0.3, -0.25) is 14.9 Å². The fourth-order valence-electron chi connectivity index (χ4n) is 3.95. The van der Waals surface area contributed by atoms with Gasteiger partial charge in [-0.1, -0.05) is 30.3 Å². The highest BCUT2D eigenvalue weighted by Crippen LogP contribution is 2.34. The molecule has 1 saturated carbocycles. The van der Waals surface area contributed by atoms with Crippen molar-refractivity contribution in [2.45, 2.75) is 50.9 Å².